The number of aryl methyl sites for hydroxylation is 1. The molecule has 2 aromatic rings. The molecule has 14 heavy (non-hydrogen) atoms. The van der Waals surface area contributed by atoms with Crippen molar-refractivity contribution in [2.24, 2.45) is 7.05 Å². The van der Waals surface area contributed by atoms with Gasteiger partial charge in [0.15, 0.2) is 0 Å². The first kappa shape index (κ1) is 9.21. The molecule has 5 heteroatoms. The molecule has 0 aliphatic heterocycles. The second kappa shape index (κ2) is 3.09. The second-order valence-electron chi connectivity index (χ2n) is 2.95. The molecule has 0 amide bonds. The number of aromatic nitrogens is 2. The zero-order valence-corrected chi connectivity index (χ0v) is 8.95. The molecular formula is C9H7BrN2O2. The molecule has 0 bridgehead atoms. The zero-order chi connectivity index (χ0) is 10.3. The average Bonchev–Trinajstić information content (AvgIpc) is 2.42. The van der Waals surface area contributed by atoms with E-state index >= 15 is 0 Å². The van der Waals surface area contributed by atoms with Crippen LogP contribution in [0.2, 0.25) is 0 Å². The highest BCUT2D eigenvalue weighted by molar-refractivity contribution is 9.10. The predicted octanol–water partition coefficient (Wildman–Crippen LogP) is 2.03. The average molecular weight is 255 g/mol. The highest BCUT2D eigenvalue weighted by Gasteiger charge is 2.09. The second-order valence-corrected chi connectivity index (χ2v) is 3.70. The minimum absolute atomic E-state index is 0.253. The van der Waals surface area contributed by atoms with Crippen LogP contribution < -0.4 is 0 Å². The van der Waals surface area contributed by atoms with Crippen LogP contribution in [0, 0.1) is 0 Å². The van der Waals surface area contributed by atoms with Crippen molar-refractivity contribution in [3.63, 3.8) is 0 Å². The molecule has 0 aliphatic rings. The van der Waals surface area contributed by atoms with Crippen molar-refractivity contribution >= 4 is 32.8 Å². The van der Waals surface area contributed by atoms with Gasteiger partial charge < -0.3 is 5.11 Å². The Balaban J connectivity index is 2.73. The number of nitrogens with zero attached hydrogens (tertiary/aromatic N) is 2. The summed E-state index contributed by atoms with van der Waals surface area (Å²) in [5, 5.41) is 13.9. The molecule has 0 atom stereocenters. The third-order valence-electron chi connectivity index (χ3n) is 2.01. The fraction of sp³-hybridized carbons (Fsp3) is 0.111. The van der Waals surface area contributed by atoms with E-state index in [1.807, 2.05) is 0 Å². The van der Waals surface area contributed by atoms with Gasteiger partial charge in [-0.2, -0.15) is 5.10 Å². The molecule has 1 heterocycles. The molecule has 0 unspecified atom stereocenters. The van der Waals surface area contributed by atoms with E-state index in [2.05, 4.69) is 21.0 Å². The highest BCUT2D eigenvalue weighted by atomic mass is 79.9. The first-order valence-electron chi connectivity index (χ1n) is 3.95. The van der Waals surface area contributed by atoms with Crippen molar-refractivity contribution in [3.05, 3.63) is 28.4 Å². The maximum Gasteiger partial charge on any atom is 0.335 e. The Labute approximate surface area is 88.3 Å². The molecule has 72 valence electrons. The SMILES string of the molecule is Cn1nc2cc(C(=O)O)ccc2c1Br. The molecular weight excluding hydrogens is 248 g/mol. The molecule has 0 aliphatic carbocycles. The van der Waals surface area contributed by atoms with E-state index in [1.165, 1.54) is 0 Å². The van der Waals surface area contributed by atoms with Crippen molar-refractivity contribution in [1.82, 2.24) is 9.78 Å². The number of hydrogen-bond donors (Lipinski definition) is 1. The predicted molar refractivity (Wildman–Crippen MR) is 55.4 cm³/mol. The van der Waals surface area contributed by atoms with Crippen LogP contribution in [0.4, 0.5) is 0 Å². The van der Waals surface area contributed by atoms with Gasteiger partial charge in [0.05, 0.1) is 11.1 Å². The first-order chi connectivity index (χ1) is 6.59. The van der Waals surface area contributed by atoms with Crippen LogP contribution in [-0.2, 0) is 7.05 Å². The summed E-state index contributed by atoms with van der Waals surface area (Å²) >= 11 is 3.37. The third kappa shape index (κ3) is 1.29. The van der Waals surface area contributed by atoms with Crippen LogP contribution in [0.3, 0.4) is 0 Å². The number of hydrogen-bond acceptors (Lipinski definition) is 2. The standard InChI is InChI=1S/C9H7BrN2O2/c1-12-8(10)6-3-2-5(9(13)14)4-7(6)11-12/h2-4H,1H3,(H,13,14). The van der Waals surface area contributed by atoms with E-state index in [0.29, 0.717) is 5.52 Å². The summed E-state index contributed by atoms with van der Waals surface area (Å²) in [7, 11) is 1.80. The first-order valence-corrected chi connectivity index (χ1v) is 4.74. The van der Waals surface area contributed by atoms with Crippen molar-refractivity contribution in [2.45, 2.75) is 0 Å². The molecule has 0 saturated heterocycles. The van der Waals surface area contributed by atoms with E-state index in [9.17, 15) is 4.79 Å². The van der Waals surface area contributed by atoms with Crippen molar-refractivity contribution < 1.29 is 9.90 Å². The van der Waals surface area contributed by atoms with E-state index in [1.54, 1.807) is 29.9 Å². The lowest BCUT2D eigenvalue weighted by Crippen LogP contribution is -1.94. The lowest BCUT2D eigenvalue weighted by molar-refractivity contribution is 0.0697. The van der Waals surface area contributed by atoms with E-state index in [-0.39, 0.29) is 5.56 Å². The number of aromatic carboxylic acids is 1. The monoisotopic (exact) mass is 254 g/mol. The van der Waals surface area contributed by atoms with Gasteiger partial charge >= 0.3 is 5.97 Å². The Hall–Kier alpha value is -1.36. The van der Waals surface area contributed by atoms with Crippen LogP contribution in [0.25, 0.3) is 10.9 Å². The van der Waals surface area contributed by atoms with E-state index in [0.717, 1.165) is 9.99 Å². The largest absolute Gasteiger partial charge is 0.478 e. The maximum atomic E-state index is 10.7. The molecule has 0 spiro atoms. The summed E-state index contributed by atoms with van der Waals surface area (Å²) in [4.78, 5) is 10.7. The molecule has 1 aromatic heterocycles. The topological polar surface area (TPSA) is 55.1 Å². The van der Waals surface area contributed by atoms with Crippen LogP contribution in [-0.4, -0.2) is 20.9 Å². The van der Waals surface area contributed by atoms with Crippen molar-refractivity contribution in [1.29, 1.82) is 0 Å². The van der Waals surface area contributed by atoms with E-state index in [4.69, 9.17) is 5.11 Å². The van der Waals surface area contributed by atoms with Crippen molar-refractivity contribution in [3.8, 4) is 0 Å². The molecule has 2 rings (SSSR count). The van der Waals surface area contributed by atoms with E-state index < -0.39 is 5.97 Å². The minimum atomic E-state index is -0.936. The minimum Gasteiger partial charge on any atom is -0.478 e. The molecule has 4 nitrogen and oxygen atoms in total. The number of benzene rings is 1. The molecule has 0 fully saturated rings. The van der Waals surface area contributed by atoms with Crippen LogP contribution >= 0.6 is 15.9 Å². The van der Waals surface area contributed by atoms with Gasteiger partial charge in [0, 0.05) is 12.4 Å². The third-order valence-corrected chi connectivity index (χ3v) is 2.95. The Morgan fingerprint density at radius 1 is 1.57 bits per heavy atom. The summed E-state index contributed by atoms with van der Waals surface area (Å²) in [6.07, 6.45) is 0. The smallest absolute Gasteiger partial charge is 0.335 e. The van der Waals surface area contributed by atoms with Gasteiger partial charge in [-0.05, 0) is 34.1 Å². The summed E-state index contributed by atoms with van der Waals surface area (Å²) in [6, 6.07) is 4.87. The van der Waals surface area contributed by atoms with Crippen LogP contribution in [0.15, 0.2) is 22.8 Å². The number of carboxylic acid groups (broad SMARTS) is 1. The summed E-state index contributed by atoms with van der Waals surface area (Å²) in [6.45, 7) is 0. The van der Waals surface area contributed by atoms with Gasteiger partial charge in [-0.15, -0.1) is 0 Å². The van der Waals surface area contributed by atoms with Crippen molar-refractivity contribution in [2.75, 3.05) is 0 Å². The van der Waals surface area contributed by atoms with Gasteiger partial charge in [-0.25, -0.2) is 4.79 Å². The lowest BCUT2D eigenvalue weighted by atomic mass is 10.2. The number of carbonyl (C=O) groups is 1. The number of fused-ring (bicyclic) bond motifs is 1. The fourth-order valence-electron chi connectivity index (χ4n) is 1.30. The van der Waals surface area contributed by atoms with Crippen LogP contribution in [0.1, 0.15) is 10.4 Å². The van der Waals surface area contributed by atoms with Crippen LogP contribution in [0.5, 0.6) is 0 Å². The summed E-state index contributed by atoms with van der Waals surface area (Å²) in [5.41, 5.74) is 0.933. The molecule has 0 saturated carbocycles. The van der Waals surface area contributed by atoms with Gasteiger partial charge in [0.2, 0.25) is 0 Å². The Morgan fingerprint density at radius 3 is 2.93 bits per heavy atom. The maximum absolute atomic E-state index is 10.7. The fourth-order valence-corrected chi connectivity index (χ4v) is 1.72. The Kier molecular flexibility index (Phi) is 2.03. The number of carboxylic acids is 1. The molecule has 0 radical (unpaired) electrons. The molecule has 1 aromatic carbocycles. The summed E-state index contributed by atoms with van der Waals surface area (Å²) < 4.78 is 2.51. The van der Waals surface area contributed by atoms with Gasteiger partial charge in [-0.1, -0.05) is 0 Å². The lowest BCUT2D eigenvalue weighted by Gasteiger charge is -1.92. The number of halogens is 1. The quantitative estimate of drug-likeness (QED) is 0.848. The Bertz CT molecular complexity index is 519. The van der Waals surface area contributed by atoms with Gasteiger partial charge in [0.1, 0.15) is 4.60 Å². The summed E-state index contributed by atoms with van der Waals surface area (Å²) in [5.74, 6) is -0.936. The molecule has 1 N–H and O–H groups in total. The normalized spacial score (nSPS) is 10.7. The number of rotatable bonds is 1. The zero-order valence-electron chi connectivity index (χ0n) is 7.36. The Morgan fingerprint density at radius 2 is 2.29 bits per heavy atom. The van der Waals surface area contributed by atoms with Gasteiger partial charge in [0.25, 0.3) is 0 Å². The highest BCUT2D eigenvalue weighted by Crippen LogP contribution is 2.23. The van der Waals surface area contributed by atoms with Gasteiger partial charge in [-0.3, -0.25) is 4.68 Å².